The lowest BCUT2D eigenvalue weighted by atomic mass is 10.1. The van der Waals surface area contributed by atoms with Crippen molar-refractivity contribution in [1.82, 2.24) is 10.0 Å². The van der Waals surface area contributed by atoms with Crippen molar-refractivity contribution in [2.24, 2.45) is 5.10 Å². The molecule has 2 aromatic carbocycles. The maximum absolute atomic E-state index is 12.8. The molecule has 0 spiro atoms. The predicted molar refractivity (Wildman–Crippen MR) is 118 cm³/mol. The molecule has 0 saturated heterocycles. The van der Waals surface area contributed by atoms with Gasteiger partial charge in [-0.2, -0.15) is 0 Å². The van der Waals surface area contributed by atoms with Gasteiger partial charge in [0.25, 0.3) is 0 Å². The van der Waals surface area contributed by atoms with E-state index in [0.717, 1.165) is 9.47 Å². The number of aromatic amines is 1. The minimum absolute atomic E-state index is 0.0737. The highest BCUT2D eigenvalue weighted by atomic mass is 35.5. The Kier molecular flexibility index (Phi) is 7.56. The van der Waals surface area contributed by atoms with Gasteiger partial charge in [0.15, 0.2) is 6.54 Å². The highest BCUT2D eigenvalue weighted by Crippen LogP contribution is 2.12. The summed E-state index contributed by atoms with van der Waals surface area (Å²) >= 11 is 5.87. The lowest BCUT2D eigenvalue weighted by molar-refractivity contribution is -0.744. The van der Waals surface area contributed by atoms with E-state index >= 15 is 0 Å². The van der Waals surface area contributed by atoms with E-state index in [4.69, 9.17) is 21.1 Å². The molecule has 0 bridgehead atoms. The van der Waals surface area contributed by atoms with E-state index in [-0.39, 0.29) is 24.6 Å². The Morgan fingerprint density at radius 1 is 1.09 bits per heavy atom. The molecule has 0 atom stereocenters. The molecule has 0 amide bonds. The molecule has 166 valence electrons. The van der Waals surface area contributed by atoms with Gasteiger partial charge in [0.1, 0.15) is 5.75 Å². The maximum Gasteiger partial charge on any atom is 0.434 e. The van der Waals surface area contributed by atoms with Crippen LogP contribution in [-0.2, 0) is 11.3 Å². The fourth-order valence-corrected chi connectivity index (χ4v) is 2.95. The number of hydrogen-bond donors (Lipinski definition) is 1. The minimum atomic E-state index is -0.853. The van der Waals surface area contributed by atoms with Crippen LogP contribution >= 0.6 is 11.6 Å². The standard InChI is InChI=1S/C22H21ClN4O5/c1-3-31-18-11-7-16(8-12-18)19(28)14-26-20(22(30)32-4-2)21(29)27(25-26)24-13-15-5-9-17(23)10-6-15/h5-13H,3-4,14H2,1-2H3/p+1/b24-13-. The van der Waals surface area contributed by atoms with Crippen LogP contribution in [0.5, 0.6) is 5.75 Å². The molecule has 0 aliphatic carbocycles. The lowest BCUT2D eigenvalue weighted by Crippen LogP contribution is -2.46. The molecule has 0 saturated carbocycles. The third-order valence-electron chi connectivity index (χ3n) is 4.33. The number of hydrogen-bond acceptors (Lipinski definition) is 6. The molecular formula is C22H22ClN4O5+. The molecule has 1 N–H and O–H groups in total. The second kappa shape index (κ2) is 10.5. The van der Waals surface area contributed by atoms with Gasteiger partial charge in [-0.1, -0.05) is 34.0 Å². The first-order valence-corrected chi connectivity index (χ1v) is 10.3. The molecule has 3 rings (SSSR count). The van der Waals surface area contributed by atoms with Gasteiger partial charge < -0.3 is 9.47 Å². The number of halogens is 1. The van der Waals surface area contributed by atoms with Crippen molar-refractivity contribution in [3.63, 3.8) is 0 Å². The molecule has 0 fully saturated rings. The van der Waals surface area contributed by atoms with Crippen molar-refractivity contribution >= 4 is 29.6 Å². The number of H-pyrrole nitrogens is 1. The van der Waals surface area contributed by atoms with Gasteiger partial charge in [-0.3, -0.25) is 4.79 Å². The van der Waals surface area contributed by atoms with Crippen molar-refractivity contribution in [2.75, 3.05) is 13.2 Å². The second-order valence-electron chi connectivity index (χ2n) is 6.55. The van der Waals surface area contributed by atoms with Crippen LogP contribution in [0, 0.1) is 0 Å². The Balaban J connectivity index is 1.90. The summed E-state index contributed by atoms with van der Waals surface area (Å²) in [6.07, 6.45) is 1.42. The summed E-state index contributed by atoms with van der Waals surface area (Å²) in [5.41, 5.74) is 0.00664. The molecule has 1 heterocycles. The SMILES string of the molecule is CCOC(=O)c1c(=O)n(/N=C\c2ccc(Cl)cc2)[nH][n+]1CC(=O)c1ccc(OCC)cc1. The van der Waals surface area contributed by atoms with E-state index in [0.29, 0.717) is 28.5 Å². The zero-order valence-corrected chi connectivity index (χ0v) is 18.3. The van der Waals surface area contributed by atoms with Crippen LogP contribution in [-0.4, -0.2) is 41.2 Å². The Morgan fingerprint density at radius 2 is 1.78 bits per heavy atom. The average molecular weight is 458 g/mol. The molecule has 0 aliphatic rings. The van der Waals surface area contributed by atoms with Crippen LogP contribution in [0.1, 0.15) is 40.3 Å². The quantitative estimate of drug-likeness (QED) is 0.230. The Bertz CT molecular complexity index is 1180. The third-order valence-corrected chi connectivity index (χ3v) is 4.58. The highest BCUT2D eigenvalue weighted by molar-refractivity contribution is 6.30. The van der Waals surface area contributed by atoms with Crippen LogP contribution in [0.3, 0.4) is 0 Å². The first kappa shape index (κ1) is 23.0. The molecule has 1 aromatic heterocycles. The molecule has 9 nitrogen and oxygen atoms in total. The number of ether oxygens (including phenoxy) is 2. The summed E-state index contributed by atoms with van der Waals surface area (Å²) in [5, 5.41) is 7.28. The number of Topliss-reactive ketones (excluding diaryl/α,β-unsaturated/α-hetero) is 1. The van der Waals surface area contributed by atoms with Crippen LogP contribution in [0.15, 0.2) is 58.4 Å². The number of benzene rings is 2. The maximum atomic E-state index is 12.8. The number of ketones is 1. The largest absolute Gasteiger partial charge is 0.494 e. The molecule has 0 radical (unpaired) electrons. The van der Waals surface area contributed by atoms with Gasteiger partial charge in [-0.15, -0.1) is 4.68 Å². The zero-order chi connectivity index (χ0) is 23.1. The number of nitrogens with zero attached hydrogens (tertiary/aromatic N) is 3. The van der Waals surface area contributed by atoms with Crippen molar-refractivity contribution in [3.8, 4) is 5.75 Å². The molecular weight excluding hydrogens is 436 g/mol. The predicted octanol–water partition coefficient (Wildman–Crippen LogP) is 2.46. The minimum Gasteiger partial charge on any atom is -0.494 e. The van der Waals surface area contributed by atoms with E-state index in [1.165, 1.54) is 6.21 Å². The van der Waals surface area contributed by atoms with Gasteiger partial charge in [-0.05, 0) is 55.8 Å². The number of rotatable bonds is 9. The summed E-state index contributed by atoms with van der Waals surface area (Å²) in [6, 6.07) is 13.4. The van der Waals surface area contributed by atoms with Crippen LogP contribution in [0.4, 0.5) is 0 Å². The van der Waals surface area contributed by atoms with Gasteiger partial charge in [-0.25, -0.2) is 9.59 Å². The molecule has 10 heteroatoms. The van der Waals surface area contributed by atoms with E-state index < -0.39 is 11.5 Å². The van der Waals surface area contributed by atoms with E-state index in [2.05, 4.69) is 10.3 Å². The summed E-state index contributed by atoms with van der Waals surface area (Å²) in [4.78, 5) is 38.8. The second-order valence-corrected chi connectivity index (χ2v) is 6.99. The summed E-state index contributed by atoms with van der Waals surface area (Å²) in [6.45, 7) is 3.78. The molecule has 0 unspecified atom stereocenters. The third kappa shape index (κ3) is 5.50. The Hall–Kier alpha value is -3.72. The van der Waals surface area contributed by atoms with Crippen molar-refractivity contribution in [2.45, 2.75) is 20.4 Å². The van der Waals surface area contributed by atoms with E-state index in [9.17, 15) is 14.4 Å². The topological polar surface area (TPSA) is 107 Å². The van der Waals surface area contributed by atoms with Gasteiger partial charge >= 0.3 is 17.2 Å². The number of carbonyl (C=O) groups excluding carboxylic acids is 2. The Morgan fingerprint density at radius 3 is 2.41 bits per heavy atom. The summed E-state index contributed by atoms with van der Waals surface area (Å²) < 4.78 is 11.5. The van der Waals surface area contributed by atoms with Gasteiger partial charge in [0.2, 0.25) is 5.78 Å². The van der Waals surface area contributed by atoms with Crippen LogP contribution < -0.4 is 15.0 Å². The summed E-state index contributed by atoms with van der Waals surface area (Å²) in [7, 11) is 0. The Labute approximate surface area is 188 Å². The fourth-order valence-electron chi connectivity index (χ4n) is 2.83. The summed E-state index contributed by atoms with van der Waals surface area (Å²) in [5.74, 6) is -0.535. The first-order valence-electron chi connectivity index (χ1n) is 9.90. The fraction of sp³-hybridized carbons (Fsp3) is 0.227. The zero-order valence-electron chi connectivity index (χ0n) is 17.6. The highest BCUT2D eigenvalue weighted by Gasteiger charge is 2.31. The average Bonchev–Trinajstić information content (AvgIpc) is 3.09. The monoisotopic (exact) mass is 457 g/mol. The van der Waals surface area contributed by atoms with E-state index in [1.54, 1.807) is 55.5 Å². The first-order chi connectivity index (χ1) is 15.4. The normalized spacial score (nSPS) is 11.0. The number of nitrogens with one attached hydrogen (secondary N) is 1. The smallest absolute Gasteiger partial charge is 0.434 e. The number of carbonyl (C=O) groups is 2. The van der Waals surface area contributed by atoms with E-state index in [1.807, 2.05) is 6.92 Å². The molecule has 3 aromatic rings. The molecule has 0 aliphatic heterocycles. The van der Waals surface area contributed by atoms with Gasteiger partial charge in [0, 0.05) is 15.4 Å². The van der Waals surface area contributed by atoms with Crippen molar-refractivity contribution < 1.29 is 23.7 Å². The lowest BCUT2D eigenvalue weighted by Gasteiger charge is -2.04. The molecule has 32 heavy (non-hydrogen) atoms. The van der Waals surface area contributed by atoms with Gasteiger partial charge in [0.05, 0.1) is 19.4 Å². The van der Waals surface area contributed by atoms with Crippen molar-refractivity contribution in [1.29, 1.82) is 0 Å². The van der Waals surface area contributed by atoms with Crippen LogP contribution in [0.25, 0.3) is 0 Å². The van der Waals surface area contributed by atoms with Crippen molar-refractivity contribution in [3.05, 3.63) is 80.7 Å². The number of aromatic nitrogens is 3. The van der Waals surface area contributed by atoms with Crippen LogP contribution in [0.2, 0.25) is 5.02 Å². The number of esters is 1.